The number of amides is 1. The molecule has 0 fully saturated rings. The van der Waals surface area contributed by atoms with Crippen molar-refractivity contribution in [2.75, 3.05) is 5.32 Å². The van der Waals surface area contributed by atoms with Gasteiger partial charge in [0.15, 0.2) is 5.78 Å². The Balaban J connectivity index is 1.68. The summed E-state index contributed by atoms with van der Waals surface area (Å²) in [6, 6.07) is 15.6. The van der Waals surface area contributed by atoms with Crippen LogP contribution in [0, 0.1) is 0 Å². The zero-order chi connectivity index (χ0) is 21.3. The zero-order valence-electron chi connectivity index (χ0n) is 16.5. The van der Waals surface area contributed by atoms with Gasteiger partial charge in [0.2, 0.25) is 5.91 Å². The number of thiophene rings is 1. The molecule has 0 spiro atoms. The molecule has 1 amide bonds. The summed E-state index contributed by atoms with van der Waals surface area (Å²) < 4.78 is 1.34. The monoisotopic (exact) mass is 417 g/mol. The molecule has 0 aliphatic heterocycles. The molecule has 30 heavy (non-hydrogen) atoms. The molecule has 150 valence electrons. The number of hydrogen-bond acceptors (Lipinski definition) is 5. The predicted octanol–water partition coefficient (Wildman–Crippen LogP) is 4.53. The lowest BCUT2D eigenvalue weighted by molar-refractivity contribution is -0.118. The number of fused-ring (bicyclic) bond motifs is 1. The van der Waals surface area contributed by atoms with E-state index >= 15 is 0 Å². The number of nitrogens with one attached hydrogen (secondary N) is 1. The topological polar surface area (TPSA) is 81.1 Å². The van der Waals surface area contributed by atoms with E-state index in [0.717, 1.165) is 11.1 Å². The third kappa shape index (κ3) is 3.67. The normalized spacial score (nSPS) is 11.9. The molecule has 2 aromatic heterocycles. The highest BCUT2D eigenvalue weighted by atomic mass is 32.1. The van der Waals surface area contributed by atoms with Crippen molar-refractivity contribution in [2.45, 2.75) is 19.9 Å². The number of anilines is 1. The first-order valence-corrected chi connectivity index (χ1v) is 10.3. The van der Waals surface area contributed by atoms with Crippen molar-refractivity contribution in [1.82, 2.24) is 9.55 Å². The first-order chi connectivity index (χ1) is 14.5. The predicted molar refractivity (Wildman–Crippen MR) is 119 cm³/mol. The Morgan fingerprint density at radius 3 is 2.60 bits per heavy atom. The van der Waals surface area contributed by atoms with Crippen LogP contribution in [0.2, 0.25) is 0 Å². The maximum atomic E-state index is 13.2. The average molecular weight is 417 g/mol. The van der Waals surface area contributed by atoms with Crippen LogP contribution in [0.25, 0.3) is 21.3 Å². The van der Waals surface area contributed by atoms with Crippen LogP contribution < -0.4 is 10.9 Å². The minimum absolute atomic E-state index is 0.0871. The van der Waals surface area contributed by atoms with Crippen LogP contribution in [0.5, 0.6) is 0 Å². The lowest BCUT2D eigenvalue weighted by Gasteiger charge is -2.15. The first kappa shape index (κ1) is 19.7. The lowest BCUT2D eigenvalue weighted by Crippen LogP contribution is -2.31. The number of hydrogen-bond donors (Lipinski definition) is 1. The average Bonchev–Trinajstić information content (AvgIpc) is 3.19. The van der Waals surface area contributed by atoms with E-state index in [1.54, 1.807) is 31.2 Å². The molecule has 1 N–H and O–H groups in total. The highest BCUT2D eigenvalue weighted by molar-refractivity contribution is 7.17. The number of rotatable bonds is 5. The molecule has 0 radical (unpaired) electrons. The molecule has 4 aromatic rings. The summed E-state index contributed by atoms with van der Waals surface area (Å²) in [5, 5.41) is 5.19. The molecule has 0 bridgehead atoms. The minimum Gasteiger partial charge on any atom is -0.324 e. The molecule has 1 unspecified atom stereocenters. The van der Waals surface area contributed by atoms with Gasteiger partial charge in [-0.1, -0.05) is 42.5 Å². The fourth-order valence-electron chi connectivity index (χ4n) is 3.24. The highest BCUT2D eigenvalue weighted by Crippen LogP contribution is 2.30. The van der Waals surface area contributed by atoms with Gasteiger partial charge in [-0.3, -0.25) is 19.0 Å². The Kier molecular flexibility index (Phi) is 5.29. The number of carbonyl (C=O) groups excluding carboxylic acids is 2. The molecular formula is C23H19N3O3S. The quantitative estimate of drug-likeness (QED) is 0.484. The third-order valence-corrected chi connectivity index (χ3v) is 5.82. The van der Waals surface area contributed by atoms with E-state index in [-0.39, 0.29) is 17.2 Å². The lowest BCUT2D eigenvalue weighted by atomic mass is 10.1. The van der Waals surface area contributed by atoms with Crippen molar-refractivity contribution >= 4 is 38.9 Å². The zero-order valence-corrected chi connectivity index (χ0v) is 17.3. The second-order valence-electron chi connectivity index (χ2n) is 6.95. The van der Waals surface area contributed by atoms with E-state index in [1.165, 1.54) is 29.2 Å². The summed E-state index contributed by atoms with van der Waals surface area (Å²) in [5.74, 6) is -0.452. The van der Waals surface area contributed by atoms with E-state index < -0.39 is 6.04 Å². The molecule has 4 rings (SSSR count). The number of benzene rings is 2. The maximum absolute atomic E-state index is 13.2. The van der Waals surface area contributed by atoms with Crippen LogP contribution in [0.4, 0.5) is 5.69 Å². The van der Waals surface area contributed by atoms with E-state index in [4.69, 9.17) is 0 Å². The molecular weight excluding hydrogens is 398 g/mol. The molecule has 0 aliphatic carbocycles. The van der Waals surface area contributed by atoms with Gasteiger partial charge in [0.1, 0.15) is 10.9 Å². The molecule has 7 heteroatoms. The molecule has 1 atom stereocenters. The van der Waals surface area contributed by atoms with Crippen molar-refractivity contribution in [3.63, 3.8) is 0 Å². The van der Waals surface area contributed by atoms with Crippen LogP contribution in [0.3, 0.4) is 0 Å². The number of Topliss-reactive ketones (excluding diaryl/α,β-unsaturated/α-hetero) is 1. The molecule has 0 aliphatic rings. The van der Waals surface area contributed by atoms with E-state index in [2.05, 4.69) is 10.3 Å². The van der Waals surface area contributed by atoms with Crippen LogP contribution in [-0.4, -0.2) is 21.2 Å². The molecule has 0 saturated carbocycles. The Labute approximate surface area is 176 Å². The number of ketones is 1. The van der Waals surface area contributed by atoms with Gasteiger partial charge in [-0.05, 0) is 31.5 Å². The fourth-order valence-corrected chi connectivity index (χ4v) is 4.15. The Morgan fingerprint density at radius 2 is 1.87 bits per heavy atom. The van der Waals surface area contributed by atoms with Crippen molar-refractivity contribution in [3.05, 3.63) is 82.2 Å². The van der Waals surface area contributed by atoms with E-state index in [1.807, 2.05) is 35.7 Å². The maximum Gasteiger partial charge on any atom is 0.263 e. The van der Waals surface area contributed by atoms with Crippen molar-refractivity contribution < 1.29 is 9.59 Å². The molecule has 2 heterocycles. The second kappa shape index (κ2) is 8.04. The largest absolute Gasteiger partial charge is 0.324 e. The van der Waals surface area contributed by atoms with Gasteiger partial charge >= 0.3 is 0 Å². The summed E-state index contributed by atoms with van der Waals surface area (Å²) in [5.41, 5.74) is 2.48. The number of carbonyl (C=O) groups is 2. The fraction of sp³-hybridized carbons (Fsp3) is 0.130. The number of nitrogens with zero attached hydrogens (tertiary/aromatic N) is 2. The Bertz CT molecular complexity index is 1310. The molecule has 2 aromatic carbocycles. The standard InChI is InChI=1S/C23H19N3O3S/c1-14(21(28)25-18-10-6-9-17(11-18)15(2)27)26-13-24-22-20(23(26)29)19(12-30-22)16-7-4-3-5-8-16/h3-14H,1-2H3,(H,25,28). The van der Waals surface area contributed by atoms with Gasteiger partial charge in [0.25, 0.3) is 5.56 Å². The van der Waals surface area contributed by atoms with Gasteiger partial charge in [-0.15, -0.1) is 11.3 Å². The van der Waals surface area contributed by atoms with Gasteiger partial charge < -0.3 is 5.32 Å². The van der Waals surface area contributed by atoms with Gasteiger partial charge in [-0.2, -0.15) is 0 Å². The van der Waals surface area contributed by atoms with E-state index in [0.29, 0.717) is 21.5 Å². The van der Waals surface area contributed by atoms with Crippen LogP contribution in [0.1, 0.15) is 30.2 Å². The summed E-state index contributed by atoms with van der Waals surface area (Å²) >= 11 is 1.40. The summed E-state index contributed by atoms with van der Waals surface area (Å²) in [7, 11) is 0. The molecule has 6 nitrogen and oxygen atoms in total. The summed E-state index contributed by atoms with van der Waals surface area (Å²) in [6.45, 7) is 3.11. The minimum atomic E-state index is -0.779. The Hall–Kier alpha value is -3.58. The van der Waals surface area contributed by atoms with Crippen molar-refractivity contribution in [1.29, 1.82) is 0 Å². The van der Waals surface area contributed by atoms with Crippen LogP contribution >= 0.6 is 11.3 Å². The van der Waals surface area contributed by atoms with Gasteiger partial charge in [0, 0.05) is 22.2 Å². The second-order valence-corrected chi connectivity index (χ2v) is 7.81. The SMILES string of the molecule is CC(=O)c1cccc(NC(=O)C(C)n2cnc3scc(-c4ccccc4)c3c2=O)c1. The van der Waals surface area contributed by atoms with Gasteiger partial charge in [0.05, 0.1) is 11.7 Å². The summed E-state index contributed by atoms with van der Waals surface area (Å²) in [6.07, 6.45) is 1.41. The highest BCUT2D eigenvalue weighted by Gasteiger charge is 2.20. The van der Waals surface area contributed by atoms with Crippen LogP contribution in [0.15, 0.2) is 71.1 Å². The summed E-state index contributed by atoms with van der Waals surface area (Å²) in [4.78, 5) is 42.6. The first-order valence-electron chi connectivity index (χ1n) is 9.41. The van der Waals surface area contributed by atoms with Crippen molar-refractivity contribution in [2.24, 2.45) is 0 Å². The van der Waals surface area contributed by atoms with Gasteiger partial charge in [-0.25, -0.2) is 4.98 Å². The van der Waals surface area contributed by atoms with Crippen molar-refractivity contribution in [3.8, 4) is 11.1 Å². The van der Waals surface area contributed by atoms with Crippen LogP contribution in [-0.2, 0) is 4.79 Å². The Morgan fingerprint density at radius 1 is 1.10 bits per heavy atom. The third-order valence-electron chi connectivity index (χ3n) is 4.94. The number of aromatic nitrogens is 2. The smallest absolute Gasteiger partial charge is 0.263 e. The molecule has 0 saturated heterocycles. The van der Waals surface area contributed by atoms with E-state index in [9.17, 15) is 14.4 Å².